The van der Waals surface area contributed by atoms with E-state index in [0.29, 0.717) is 0 Å². The number of hydrogen-bond acceptors (Lipinski definition) is 2. The Labute approximate surface area is 107 Å². The summed E-state index contributed by atoms with van der Waals surface area (Å²) in [5, 5.41) is 4.22. The fourth-order valence-electron chi connectivity index (χ4n) is 1.80. The number of pyridine rings is 1. The summed E-state index contributed by atoms with van der Waals surface area (Å²) in [6, 6.07) is 12.1. The summed E-state index contributed by atoms with van der Waals surface area (Å²) in [6.07, 6.45) is 4.64. The quantitative estimate of drug-likeness (QED) is 0.870. The number of aromatic nitrogens is 1. The van der Waals surface area contributed by atoms with Gasteiger partial charge in [-0.3, -0.25) is 4.98 Å². The van der Waals surface area contributed by atoms with Gasteiger partial charge in [0.2, 0.25) is 0 Å². The fraction of sp³-hybridized carbons (Fsp3) is 0.214. The number of hydrogen-bond donors (Lipinski definition) is 1. The van der Waals surface area contributed by atoms with Crippen LogP contribution >= 0.6 is 11.6 Å². The van der Waals surface area contributed by atoms with Crippen LogP contribution in [0.1, 0.15) is 24.9 Å². The SMILES string of the molecule is CCC(Nc1cccc(Cl)c1)c1ccncc1. The monoisotopic (exact) mass is 246 g/mol. The molecule has 0 saturated heterocycles. The standard InChI is InChI=1S/C14H15ClN2/c1-2-14(11-6-8-16-9-7-11)17-13-5-3-4-12(15)10-13/h3-10,14,17H,2H2,1H3. The number of rotatable bonds is 4. The van der Waals surface area contributed by atoms with Crippen molar-refractivity contribution in [2.75, 3.05) is 5.32 Å². The molecule has 2 rings (SSSR count). The van der Waals surface area contributed by atoms with Crippen molar-refractivity contribution in [1.29, 1.82) is 0 Å². The molecular weight excluding hydrogens is 232 g/mol. The van der Waals surface area contributed by atoms with E-state index >= 15 is 0 Å². The Kier molecular flexibility index (Phi) is 3.99. The third-order valence-corrected chi connectivity index (χ3v) is 2.92. The Morgan fingerprint density at radius 3 is 2.65 bits per heavy atom. The number of anilines is 1. The first-order chi connectivity index (χ1) is 8.29. The van der Waals surface area contributed by atoms with E-state index in [1.54, 1.807) is 0 Å². The summed E-state index contributed by atoms with van der Waals surface area (Å²) in [7, 11) is 0. The summed E-state index contributed by atoms with van der Waals surface area (Å²) in [5.74, 6) is 0. The first kappa shape index (κ1) is 11.9. The average Bonchev–Trinajstić information content (AvgIpc) is 2.37. The predicted octanol–water partition coefficient (Wildman–Crippen LogP) is 4.30. The van der Waals surface area contributed by atoms with Crippen LogP contribution in [0.3, 0.4) is 0 Å². The van der Waals surface area contributed by atoms with Crippen molar-refractivity contribution < 1.29 is 0 Å². The van der Waals surface area contributed by atoms with E-state index in [-0.39, 0.29) is 6.04 Å². The predicted molar refractivity (Wildman–Crippen MR) is 72.3 cm³/mol. The van der Waals surface area contributed by atoms with Crippen LogP contribution in [0.15, 0.2) is 48.8 Å². The van der Waals surface area contributed by atoms with Crippen molar-refractivity contribution in [2.24, 2.45) is 0 Å². The van der Waals surface area contributed by atoms with E-state index in [4.69, 9.17) is 11.6 Å². The molecular formula is C14H15ClN2. The molecule has 1 atom stereocenters. The molecule has 0 aliphatic carbocycles. The molecule has 2 aromatic rings. The molecule has 1 aromatic carbocycles. The van der Waals surface area contributed by atoms with Crippen LogP contribution in [-0.4, -0.2) is 4.98 Å². The van der Waals surface area contributed by atoms with Crippen molar-refractivity contribution in [3.8, 4) is 0 Å². The van der Waals surface area contributed by atoms with Gasteiger partial charge in [-0.15, -0.1) is 0 Å². The lowest BCUT2D eigenvalue weighted by Gasteiger charge is -2.18. The number of nitrogens with zero attached hydrogens (tertiary/aromatic N) is 1. The molecule has 0 bridgehead atoms. The second-order valence-corrected chi connectivity index (χ2v) is 4.33. The van der Waals surface area contributed by atoms with Crippen LogP contribution in [0.2, 0.25) is 5.02 Å². The lowest BCUT2D eigenvalue weighted by molar-refractivity contribution is 0.748. The lowest BCUT2D eigenvalue weighted by Crippen LogP contribution is -2.09. The number of halogens is 1. The second-order valence-electron chi connectivity index (χ2n) is 3.90. The summed E-state index contributed by atoms with van der Waals surface area (Å²) in [6.45, 7) is 2.16. The zero-order chi connectivity index (χ0) is 12.1. The van der Waals surface area contributed by atoms with Gasteiger partial charge in [0.25, 0.3) is 0 Å². The Bertz CT molecular complexity index is 471. The van der Waals surface area contributed by atoms with Gasteiger partial charge >= 0.3 is 0 Å². The van der Waals surface area contributed by atoms with Crippen molar-refractivity contribution >= 4 is 17.3 Å². The smallest absolute Gasteiger partial charge is 0.0512 e. The molecule has 1 heterocycles. The first-order valence-corrected chi connectivity index (χ1v) is 6.09. The van der Waals surface area contributed by atoms with Gasteiger partial charge in [0.05, 0.1) is 6.04 Å². The van der Waals surface area contributed by atoms with Crippen molar-refractivity contribution in [2.45, 2.75) is 19.4 Å². The van der Waals surface area contributed by atoms with Gasteiger partial charge in [0.1, 0.15) is 0 Å². The van der Waals surface area contributed by atoms with Crippen LogP contribution < -0.4 is 5.32 Å². The van der Waals surface area contributed by atoms with Gasteiger partial charge < -0.3 is 5.32 Å². The summed E-state index contributed by atoms with van der Waals surface area (Å²) >= 11 is 5.97. The maximum absolute atomic E-state index is 5.97. The minimum Gasteiger partial charge on any atom is -0.378 e. The van der Waals surface area contributed by atoms with Crippen molar-refractivity contribution in [3.63, 3.8) is 0 Å². The van der Waals surface area contributed by atoms with Crippen LogP contribution in [0.4, 0.5) is 5.69 Å². The lowest BCUT2D eigenvalue weighted by atomic mass is 10.1. The van der Waals surface area contributed by atoms with Crippen molar-refractivity contribution in [1.82, 2.24) is 4.98 Å². The van der Waals surface area contributed by atoms with E-state index in [1.165, 1.54) is 5.56 Å². The average molecular weight is 247 g/mol. The third-order valence-electron chi connectivity index (χ3n) is 2.68. The van der Waals surface area contributed by atoms with E-state index < -0.39 is 0 Å². The molecule has 17 heavy (non-hydrogen) atoms. The van der Waals surface area contributed by atoms with Crippen LogP contribution in [0.5, 0.6) is 0 Å². The molecule has 1 unspecified atom stereocenters. The fourth-order valence-corrected chi connectivity index (χ4v) is 1.99. The zero-order valence-corrected chi connectivity index (χ0v) is 10.5. The van der Waals surface area contributed by atoms with E-state index in [1.807, 2.05) is 48.8 Å². The topological polar surface area (TPSA) is 24.9 Å². The molecule has 88 valence electrons. The Balaban J connectivity index is 2.16. The molecule has 1 aromatic heterocycles. The van der Waals surface area contributed by atoms with Gasteiger partial charge in [-0.25, -0.2) is 0 Å². The van der Waals surface area contributed by atoms with Crippen LogP contribution in [-0.2, 0) is 0 Å². The van der Waals surface area contributed by atoms with E-state index in [2.05, 4.69) is 17.2 Å². The van der Waals surface area contributed by atoms with Gasteiger partial charge in [-0.1, -0.05) is 24.6 Å². The molecule has 0 radical (unpaired) electrons. The normalized spacial score (nSPS) is 12.1. The third kappa shape index (κ3) is 3.21. The molecule has 0 spiro atoms. The number of benzene rings is 1. The van der Waals surface area contributed by atoms with Gasteiger partial charge in [0, 0.05) is 23.1 Å². The first-order valence-electron chi connectivity index (χ1n) is 5.71. The molecule has 0 amide bonds. The molecule has 0 aliphatic rings. The van der Waals surface area contributed by atoms with Crippen LogP contribution in [0, 0.1) is 0 Å². The summed E-state index contributed by atoms with van der Waals surface area (Å²) in [4.78, 5) is 4.03. The Hall–Kier alpha value is -1.54. The van der Waals surface area contributed by atoms with Crippen LogP contribution in [0.25, 0.3) is 0 Å². The van der Waals surface area contributed by atoms with E-state index in [0.717, 1.165) is 17.1 Å². The zero-order valence-electron chi connectivity index (χ0n) is 9.73. The second kappa shape index (κ2) is 5.69. The minimum atomic E-state index is 0.288. The Morgan fingerprint density at radius 2 is 2.00 bits per heavy atom. The highest BCUT2D eigenvalue weighted by Gasteiger charge is 2.08. The molecule has 2 nitrogen and oxygen atoms in total. The Morgan fingerprint density at radius 1 is 1.24 bits per heavy atom. The van der Waals surface area contributed by atoms with E-state index in [9.17, 15) is 0 Å². The largest absolute Gasteiger partial charge is 0.378 e. The summed E-state index contributed by atoms with van der Waals surface area (Å²) in [5.41, 5.74) is 2.28. The highest BCUT2D eigenvalue weighted by atomic mass is 35.5. The van der Waals surface area contributed by atoms with Gasteiger partial charge in [-0.2, -0.15) is 0 Å². The molecule has 0 aliphatic heterocycles. The molecule has 1 N–H and O–H groups in total. The minimum absolute atomic E-state index is 0.288. The summed E-state index contributed by atoms with van der Waals surface area (Å²) < 4.78 is 0. The van der Waals surface area contributed by atoms with Gasteiger partial charge in [0.15, 0.2) is 0 Å². The molecule has 0 saturated carbocycles. The highest BCUT2D eigenvalue weighted by molar-refractivity contribution is 6.30. The maximum Gasteiger partial charge on any atom is 0.0512 e. The molecule has 3 heteroatoms. The molecule has 0 fully saturated rings. The highest BCUT2D eigenvalue weighted by Crippen LogP contribution is 2.23. The van der Waals surface area contributed by atoms with Crippen molar-refractivity contribution in [3.05, 3.63) is 59.4 Å². The van der Waals surface area contributed by atoms with Gasteiger partial charge in [-0.05, 0) is 42.3 Å². The maximum atomic E-state index is 5.97. The number of nitrogens with one attached hydrogen (secondary N) is 1.